The lowest BCUT2D eigenvalue weighted by atomic mass is 10.0. The Morgan fingerprint density at radius 2 is 1.72 bits per heavy atom. The molecule has 1 heterocycles. The Labute approximate surface area is 167 Å². The highest BCUT2D eigenvalue weighted by molar-refractivity contribution is 6.10. The van der Waals surface area contributed by atoms with E-state index >= 15 is 0 Å². The molecule has 0 spiro atoms. The normalized spacial score (nSPS) is 10.3. The molecule has 3 N–H and O–H groups in total. The number of nitrogens with one attached hydrogen (secondary N) is 1. The SMILES string of the molecule is CCOC(=O)c1c(C)oc(NC(=O)COC(=O)c2cccc(C)c2C)c1C(N)=O. The van der Waals surface area contributed by atoms with Gasteiger partial charge in [0.05, 0.1) is 12.2 Å². The van der Waals surface area contributed by atoms with Crippen LogP contribution in [0.4, 0.5) is 5.88 Å². The van der Waals surface area contributed by atoms with Crippen LogP contribution in [-0.4, -0.2) is 37.0 Å². The second-order valence-electron chi connectivity index (χ2n) is 6.19. The van der Waals surface area contributed by atoms with Crippen LogP contribution in [-0.2, 0) is 14.3 Å². The fourth-order valence-corrected chi connectivity index (χ4v) is 2.66. The molecule has 0 aliphatic carbocycles. The quantitative estimate of drug-likeness (QED) is 0.678. The molecule has 9 heteroatoms. The molecule has 29 heavy (non-hydrogen) atoms. The van der Waals surface area contributed by atoms with Crippen molar-refractivity contribution in [3.8, 4) is 0 Å². The third kappa shape index (κ3) is 4.81. The largest absolute Gasteiger partial charge is 0.462 e. The summed E-state index contributed by atoms with van der Waals surface area (Å²) in [7, 11) is 0. The van der Waals surface area contributed by atoms with E-state index in [-0.39, 0.29) is 29.4 Å². The monoisotopic (exact) mass is 402 g/mol. The van der Waals surface area contributed by atoms with Crippen molar-refractivity contribution in [2.24, 2.45) is 5.73 Å². The van der Waals surface area contributed by atoms with Crippen molar-refractivity contribution in [2.45, 2.75) is 27.7 Å². The van der Waals surface area contributed by atoms with Crippen molar-refractivity contribution in [3.05, 3.63) is 51.8 Å². The van der Waals surface area contributed by atoms with Gasteiger partial charge < -0.3 is 19.6 Å². The molecule has 0 bridgehead atoms. The molecule has 0 saturated carbocycles. The maximum Gasteiger partial charge on any atom is 0.342 e. The summed E-state index contributed by atoms with van der Waals surface area (Å²) in [4.78, 5) is 48.2. The van der Waals surface area contributed by atoms with Crippen LogP contribution in [0.25, 0.3) is 0 Å². The van der Waals surface area contributed by atoms with E-state index in [1.54, 1.807) is 26.0 Å². The van der Waals surface area contributed by atoms with Crippen LogP contribution in [0.5, 0.6) is 0 Å². The first-order chi connectivity index (χ1) is 13.7. The number of ether oxygens (including phenoxy) is 2. The molecule has 0 aliphatic rings. The van der Waals surface area contributed by atoms with E-state index in [1.807, 2.05) is 13.0 Å². The van der Waals surface area contributed by atoms with Gasteiger partial charge in [-0.1, -0.05) is 12.1 Å². The Hall–Kier alpha value is -3.62. The van der Waals surface area contributed by atoms with Crippen molar-refractivity contribution in [1.82, 2.24) is 0 Å². The van der Waals surface area contributed by atoms with Gasteiger partial charge in [0.15, 0.2) is 6.61 Å². The highest BCUT2D eigenvalue weighted by Crippen LogP contribution is 2.27. The standard InChI is InChI=1S/C20H22N2O7/c1-5-27-20(26)15-12(4)29-18(16(15)17(21)24)22-14(23)9-28-19(25)13-8-6-7-10(2)11(13)3/h6-8H,5,9H2,1-4H3,(H2,21,24)(H,22,23). The van der Waals surface area contributed by atoms with Crippen LogP contribution in [0.3, 0.4) is 0 Å². The summed E-state index contributed by atoms with van der Waals surface area (Å²) in [5, 5.41) is 2.29. The predicted molar refractivity (Wildman–Crippen MR) is 103 cm³/mol. The number of hydrogen-bond donors (Lipinski definition) is 2. The number of furan rings is 1. The minimum Gasteiger partial charge on any atom is -0.462 e. The third-order valence-electron chi connectivity index (χ3n) is 4.22. The van der Waals surface area contributed by atoms with E-state index in [4.69, 9.17) is 19.6 Å². The van der Waals surface area contributed by atoms with Crippen LogP contribution < -0.4 is 11.1 Å². The van der Waals surface area contributed by atoms with Gasteiger partial charge in [0.1, 0.15) is 16.9 Å². The lowest BCUT2D eigenvalue weighted by Crippen LogP contribution is -2.24. The molecule has 154 valence electrons. The third-order valence-corrected chi connectivity index (χ3v) is 4.22. The van der Waals surface area contributed by atoms with Gasteiger partial charge in [-0.3, -0.25) is 14.9 Å². The Kier molecular flexibility index (Phi) is 6.76. The molecule has 2 rings (SSSR count). The van der Waals surface area contributed by atoms with Crippen molar-refractivity contribution < 1.29 is 33.1 Å². The van der Waals surface area contributed by atoms with Gasteiger partial charge in [-0.25, -0.2) is 9.59 Å². The molecule has 9 nitrogen and oxygen atoms in total. The smallest absolute Gasteiger partial charge is 0.342 e. The number of nitrogens with two attached hydrogens (primary N) is 1. The molecule has 0 fully saturated rings. The van der Waals surface area contributed by atoms with Gasteiger partial charge in [0.25, 0.3) is 11.8 Å². The first-order valence-corrected chi connectivity index (χ1v) is 8.80. The molecule has 2 amide bonds. The summed E-state index contributed by atoms with van der Waals surface area (Å²) in [6.45, 7) is 6.11. The Balaban J connectivity index is 2.14. The van der Waals surface area contributed by atoms with E-state index in [2.05, 4.69) is 5.32 Å². The van der Waals surface area contributed by atoms with Crippen molar-refractivity contribution in [1.29, 1.82) is 0 Å². The topological polar surface area (TPSA) is 138 Å². The Morgan fingerprint density at radius 1 is 1.03 bits per heavy atom. The minimum atomic E-state index is -0.979. The second-order valence-corrected chi connectivity index (χ2v) is 6.19. The summed E-state index contributed by atoms with van der Waals surface area (Å²) >= 11 is 0. The van der Waals surface area contributed by atoms with Crippen LogP contribution in [0.2, 0.25) is 0 Å². The molecule has 1 aromatic carbocycles. The van der Waals surface area contributed by atoms with Gasteiger partial charge in [0, 0.05) is 0 Å². The number of benzene rings is 1. The molecule has 0 aliphatic heterocycles. The van der Waals surface area contributed by atoms with E-state index in [1.165, 1.54) is 6.92 Å². The van der Waals surface area contributed by atoms with Crippen molar-refractivity contribution in [3.63, 3.8) is 0 Å². The van der Waals surface area contributed by atoms with E-state index in [9.17, 15) is 19.2 Å². The number of carbonyl (C=O) groups is 4. The number of carbonyl (C=O) groups excluding carboxylic acids is 4. The molecule has 0 saturated heterocycles. The Bertz CT molecular complexity index is 975. The molecule has 0 unspecified atom stereocenters. The molecule has 0 atom stereocenters. The van der Waals surface area contributed by atoms with E-state index in [0.717, 1.165) is 11.1 Å². The number of esters is 2. The summed E-state index contributed by atoms with van der Waals surface area (Å²) in [6, 6.07) is 5.15. The van der Waals surface area contributed by atoms with Gasteiger partial charge in [-0.05, 0) is 44.9 Å². The Morgan fingerprint density at radius 3 is 2.34 bits per heavy atom. The van der Waals surface area contributed by atoms with Gasteiger partial charge >= 0.3 is 11.9 Å². The average molecular weight is 402 g/mol. The van der Waals surface area contributed by atoms with Crippen LogP contribution in [0, 0.1) is 20.8 Å². The highest BCUT2D eigenvalue weighted by atomic mass is 16.5. The number of anilines is 1. The van der Waals surface area contributed by atoms with Gasteiger partial charge in [-0.15, -0.1) is 0 Å². The summed E-state index contributed by atoms with van der Waals surface area (Å²) in [5.41, 5.74) is 6.85. The molecule has 2 aromatic rings. The zero-order chi connectivity index (χ0) is 21.7. The van der Waals surface area contributed by atoms with E-state index < -0.39 is 30.4 Å². The lowest BCUT2D eigenvalue weighted by molar-refractivity contribution is -0.119. The van der Waals surface area contributed by atoms with Crippen LogP contribution >= 0.6 is 0 Å². The summed E-state index contributed by atoms with van der Waals surface area (Å²) < 4.78 is 15.2. The highest BCUT2D eigenvalue weighted by Gasteiger charge is 2.29. The average Bonchev–Trinajstić information content (AvgIpc) is 2.98. The van der Waals surface area contributed by atoms with Crippen LogP contribution in [0.15, 0.2) is 22.6 Å². The summed E-state index contributed by atoms with van der Waals surface area (Å²) in [6.07, 6.45) is 0. The van der Waals surface area contributed by atoms with Crippen molar-refractivity contribution in [2.75, 3.05) is 18.5 Å². The number of rotatable bonds is 7. The fourth-order valence-electron chi connectivity index (χ4n) is 2.66. The predicted octanol–water partition coefficient (Wildman–Crippen LogP) is 2.28. The second kappa shape index (κ2) is 9.05. The maximum atomic E-state index is 12.2. The number of hydrogen-bond acceptors (Lipinski definition) is 7. The number of amides is 2. The van der Waals surface area contributed by atoms with E-state index in [0.29, 0.717) is 5.56 Å². The lowest BCUT2D eigenvalue weighted by Gasteiger charge is -2.09. The van der Waals surface area contributed by atoms with Crippen LogP contribution in [0.1, 0.15) is 54.9 Å². The zero-order valence-corrected chi connectivity index (χ0v) is 16.6. The molecule has 1 aromatic heterocycles. The zero-order valence-electron chi connectivity index (χ0n) is 16.6. The molecular formula is C20H22N2O7. The number of aryl methyl sites for hydroxylation is 2. The minimum absolute atomic E-state index is 0.0555. The summed E-state index contributed by atoms with van der Waals surface area (Å²) in [5.74, 6) is -3.47. The van der Waals surface area contributed by atoms with Gasteiger partial charge in [-0.2, -0.15) is 0 Å². The molecule has 0 radical (unpaired) electrons. The van der Waals surface area contributed by atoms with Crippen molar-refractivity contribution >= 4 is 29.6 Å². The molecular weight excluding hydrogens is 380 g/mol. The number of primary amides is 1. The van der Waals surface area contributed by atoms with Gasteiger partial charge in [0.2, 0.25) is 5.88 Å². The first kappa shape index (κ1) is 21.7. The first-order valence-electron chi connectivity index (χ1n) is 8.80. The fraction of sp³-hybridized carbons (Fsp3) is 0.300. The maximum absolute atomic E-state index is 12.2.